The van der Waals surface area contributed by atoms with Crippen LogP contribution in [0.5, 0.6) is 0 Å². The second-order valence-electron chi connectivity index (χ2n) is 4.25. The van der Waals surface area contributed by atoms with Crippen molar-refractivity contribution in [1.82, 2.24) is 15.1 Å². The average Bonchev–Trinajstić information content (AvgIpc) is 2.56. The van der Waals surface area contributed by atoms with E-state index in [0.29, 0.717) is 0 Å². The van der Waals surface area contributed by atoms with Crippen LogP contribution in [0.4, 0.5) is 0 Å². The van der Waals surface area contributed by atoms with Crippen molar-refractivity contribution >= 4 is 0 Å². The predicted molar refractivity (Wildman–Crippen MR) is 65.7 cm³/mol. The summed E-state index contributed by atoms with van der Waals surface area (Å²) in [7, 11) is 1.74. The quantitative estimate of drug-likeness (QED) is 0.715. The van der Waals surface area contributed by atoms with Crippen molar-refractivity contribution in [2.45, 2.75) is 39.8 Å². The number of hydrogen-bond donors (Lipinski definition) is 1. The number of nitrogens with one attached hydrogen (secondary N) is 1. The van der Waals surface area contributed by atoms with Crippen LogP contribution in [-0.4, -0.2) is 36.1 Å². The summed E-state index contributed by atoms with van der Waals surface area (Å²) >= 11 is 0. The van der Waals surface area contributed by atoms with E-state index in [4.69, 9.17) is 4.74 Å². The highest BCUT2D eigenvalue weighted by Gasteiger charge is 2.01. The normalized spacial score (nSPS) is 13.0. The second-order valence-corrected chi connectivity index (χ2v) is 4.25. The molecule has 0 radical (unpaired) electrons. The minimum Gasteiger partial charge on any atom is -0.380 e. The number of rotatable bonds is 7. The van der Waals surface area contributed by atoms with Gasteiger partial charge >= 0.3 is 0 Å². The Balaban J connectivity index is 2.14. The van der Waals surface area contributed by atoms with Crippen LogP contribution in [0.2, 0.25) is 0 Å². The molecular weight excluding hydrogens is 202 g/mol. The largest absolute Gasteiger partial charge is 0.380 e. The van der Waals surface area contributed by atoms with E-state index in [1.54, 1.807) is 7.11 Å². The van der Waals surface area contributed by atoms with Crippen LogP contribution in [0.25, 0.3) is 0 Å². The lowest BCUT2D eigenvalue weighted by Crippen LogP contribution is -2.27. The van der Waals surface area contributed by atoms with Crippen molar-refractivity contribution in [2.75, 3.05) is 20.2 Å². The molecule has 4 nitrogen and oxygen atoms in total. The second kappa shape index (κ2) is 6.66. The molecule has 1 aromatic heterocycles. The molecule has 4 heteroatoms. The Hall–Kier alpha value is -0.870. The lowest BCUT2D eigenvalue weighted by molar-refractivity contribution is 0.117. The van der Waals surface area contributed by atoms with Crippen LogP contribution < -0.4 is 5.32 Å². The van der Waals surface area contributed by atoms with Gasteiger partial charge in [-0.3, -0.25) is 4.68 Å². The van der Waals surface area contributed by atoms with E-state index in [9.17, 15) is 0 Å². The first-order chi connectivity index (χ1) is 7.63. The van der Waals surface area contributed by atoms with E-state index < -0.39 is 0 Å². The highest BCUT2D eigenvalue weighted by Crippen LogP contribution is 2.02. The van der Waals surface area contributed by atoms with Crippen molar-refractivity contribution in [1.29, 1.82) is 0 Å². The van der Waals surface area contributed by atoms with Crippen LogP contribution in [0.15, 0.2) is 6.07 Å². The zero-order chi connectivity index (χ0) is 12.0. The molecule has 1 heterocycles. The Morgan fingerprint density at radius 3 is 2.81 bits per heavy atom. The maximum atomic E-state index is 5.16. The lowest BCUT2D eigenvalue weighted by atomic mass is 10.3. The van der Waals surface area contributed by atoms with Gasteiger partial charge in [-0.25, -0.2) is 0 Å². The highest BCUT2D eigenvalue weighted by molar-refractivity contribution is 5.06. The van der Waals surface area contributed by atoms with Gasteiger partial charge in [0.2, 0.25) is 0 Å². The molecule has 0 aromatic carbocycles. The van der Waals surface area contributed by atoms with Gasteiger partial charge < -0.3 is 10.1 Å². The third-order valence-corrected chi connectivity index (χ3v) is 2.66. The number of ether oxygens (including phenoxy) is 1. The maximum absolute atomic E-state index is 5.16. The van der Waals surface area contributed by atoms with Gasteiger partial charge in [0.05, 0.1) is 11.8 Å². The molecule has 0 fully saturated rings. The molecule has 16 heavy (non-hydrogen) atoms. The molecule has 0 spiro atoms. The van der Waals surface area contributed by atoms with E-state index in [1.807, 2.05) is 6.92 Å². The van der Waals surface area contributed by atoms with Crippen molar-refractivity contribution in [3.63, 3.8) is 0 Å². The lowest BCUT2D eigenvalue weighted by Gasteiger charge is -2.10. The topological polar surface area (TPSA) is 39.1 Å². The van der Waals surface area contributed by atoms with Gasteiger partial charge in [0.15, 0.2) is 0 Å². The molecule has 0 saturated carbocycles. The van der Waals surface area contributed by atoms with E-state index in [2.05, 4.69) is 35.0 Å². The van der Waals surface area contributed by atoms with E-state index in [-0.39, 0.29) is 6.10 Å². The zero-order valence-electron chi connectivity index (χ0n) is 10.8. The maximum Gasteiger partial charge on any atom is 0.0667 e. The first kappa shape index (κ1) is 13.2. The average molecular weight is 225 g/mol. The molecule has 1 rings (SSSR count). The molecule has 0 aliphatic rings. The first-order valence-electron chi connectivity index (χ1n) is 5.88. The van der Waals surface area contributed by atoms with Crippen molar-refractivity contribution in [3.8, 4) is 0 Å². The van der Waals surface area contributed by atoms with Crippen molar-refractivity contribution in [3.05, 3.63) is 17.5 Å². The molecule has 92 valence electrons. The number of methoxy groups -OCH3 is 1. The van der Waals surface area contributed by atoms with Crippen LogP contribution >= 0.6 is 0 Å². The van der Waals surface area contributed by atoms with E-state index >= 15 is 0 Å². The third-order valence-electron chi connectivity index (χ3n) is 2.66. The molecule has 0 amide bonds. The fraction of sp³-hybridized carbons (Fsp3) is 0.750. The molecule has 1 N–H and O–H groups in total. The van der Waals surface area contributed by atoms with Gasteiger partial charge in [0, 0.05) is 25.9 Å². The zero-order valence-corrected chi connectivity index (χ0v) is 10.8. The molecule has 1 unspecified atom stereocenters. The minimum absolute atomic E-state index is 0.286. The summed E-state index contributed by atoms with van der Waals surface area (Å²) in [6.07, 6.45) is 1.38. The van der Waals surface area contributed by atoms with Gasteiger partial charge in [-0.15, -0.1) is 0 Å². The summed E-state index contributed by atoms with van der Waals surface area (Å²) in [6.45, 7) is 9.09. The number of nitrogens with zero attached hydrogens (tertiary/aromatic N) is 2. The monoisotopic (exact) mass is 225 g/mol. The molecule has 0 saturated heterocycles. The van der Waals surface area contributed by atoms with Crippen LogP contribution in [-0.2, 0) is 11.3 Å². The standard InChI is InChI=1S/C12H23N3O/c1-10-8-11(2)15(14-10)7-5-6-13-9-12(3)16-4/h8,12-13H,5-7,9H2,1-4H3. The first-order valence-corrected chi connectivity index (χ1v) is 5.88. The summed E-state index contributed by atoms with van der Waals surface area (Å²) in [5.74, 6) is 0. The molecule has 1 aromatic rings. The Morgan fingerprint density at radius 2 is 2.25 bits per heavy atom. The van der Waals surface area contributed by atoms with Crippen LogP contribution in [0.3, 0.4) is 0 Å². The molecular formula is C12H23N3O. The molecule has 0 aliphatic carbocycles. The SMILES string of the molecule is COC(C)CNCCCn1nc(C)cc1C. The number of aromatic nitrogens is 2. The van der Waals surface area contributed by atoms with Crippen molar-refractivity contribution < 1.29 is 4.74 Å². The van der Waals surface area contributed by atoms with Gasteiger partial charge in [-0.1, -0.05) is 0 Å². The van der Waals surface area contributed by atoms with E-state index in [0.717, 1.165) is 31.7 Å². The van der Waals surface area contributed by atoms with Crippen LogP contribution in [0, 0.1) is 13.8 Å². The van der Waals surface area contributed by atoms with Gasteiger partial charge in [0.1, 0.15) is 0 Å². The Morgan fingerprint density at radius 1 is 1.50 bits per heavy atom. The predicted octanol–water partition coefficient (Wildman–Crippen LogP) is 1.51. The fourth-order valence-corrected chi connectivity index (χ4v) is 1.64. The Bertz CT molecular complexity index is 309. The number of hydrogen-bond acceptors (Lipinski definition) is 3. The van der Waals surface area contributed by atoms with E-state index in [1.165, 1.54) is 5.69 Å². The number of aryl methyl sites for hydroxylation is 3. The molecule has 0 aliphatic heterocycles. The summed E-state index contributed by atoms with van der Waals surface area (Å²) in [6, 6.07) is 2.11. The highest BCUT2D eigenvalue weighted by atomic mass is 16.5. The Labute approximate surface area is 98.0 Å². The van der Waals surface area contributed by atoms with Gasteiger partial charge in [-0.05, 0) is 39.8 Å². The minimum atomic E-state index is 0.286. The summed E-state index contributed by atoms with van der Waals surface area (Å²) in [5.41, 5.74) is 2.33. The van der Waals surface area contributed by atoms with Crippen molar-refractivity contribution in [2.24, 2.45) is 0 Å². The molecule has 1 atom stereocenters. The third kappa shape index (κ3) is 4.33. The smallest absolute Gasteiger partial charge is 0.0667 e. The summed E-state index contributed by atoms with van der Waals surface area (Å²) in [4.78, 5) is 0. The summed E-state index contributed by atoms with van der Waals surface area (Å²) in [5, 5.41) is 7.79. The summed E-state index contributed by atoms with van der Waals surface area (Å²) < 4.78 is 7.22. The fourth-order valence-electron chi connectivity index (χ4n) is 1.64. The Kier molecular flexibility index (Phi) is 5.49. The van der Waals surface area contributed by atoms with Gasteiger partial charge in [0.25, 0.3) is 0 Å². The van der Waals surface area contributed by atoms with Crippen LogP contribution in [0.1, 0.15) is 24.7 Å². The van der Waals surface area contributed by atoms with Gasteiger partial charge in [-0.2, -0.15) is 5.10 Å². The molecule has 0 bridgehead atoms.